The van der Waals surface area contributed by atoms with E-state index in [1.807, 2.05) is 44.2 Å². The first-order valence-electron chi connectivity index (χ1n) is 7.35. The second kappa shape index (κ2) is 7.05. The summed E-state index contributed by atoms with van der Waals surface area (Å²) in [7, 11) is 3.25. The first-order valence-corrected chi connectivity index (χ1v) is 7.35. The number of nitrogens with one attached hydrogen (secondary N) is 1. The third-order valence-corrected chi connectivity index (χ3v) is 3.79. The maximum absolute atomic E-state index is 11.5. The molecule has 5 heteroatoms. The zero-order valence-electron chi connectivity index (χ0n) is 13.8. The highest BCUT2D eigenvalue weighted by molar-refractivity contribution is 5.95. The Hall–Kier alpha value is -2.69. The van der Waals surface area contributed by atoms with Gasteiger partial charge in [0, 0.05) is 22.9 Å². The fourth-order valence-corrected chi connectivity index (χ4v) is 2.48. The van der Waals surface area contributed by atoms with E-state index >= 15 is 0 Å². The van der Waals surface area contributed by atoms with Crippen molar-refractivity contribution in [2.45, 2.75) is 19.9 Å². The van der Waals surface area contributed by atoms with E-state index in [9.17, 15) is 4.79 Å². The van der Waals surface area contributed by atoms with E-state index in [2.05, 4.69) is 5.32 Å². The number of amides is 1. The van der Waals surface area contributed by atoms with Crippen molar-refractivity contribution in [1.82, 2.24) is 0 Å². The van der Waals surface area contributed by atoms with Crippen LogP contribution in [0.25, 0.3) is 0 Å². The summed E-state index contributed by atoms with van der Waals surface area (Å²) in [5.41, 5.74) is 8.60. The molecule has 3 N–H and O–H groups in total. The van der Waals surface area contributed by atoms with Gasteiger partial charge in [0.25, 0.3) is 0 Å². The highest BCUT2D eigenvalue weighted by Crippen LogP contribution is 2.31. The van der Waals surface area contributed by atoms with E-state index in [0.29, 0.717) is 5.56 Å². The summed E-state index contributed by atoms with van der Waals surface area (Å²) in [5, 5.41) is 3.36. The molecule has 0 saturated heterocycles. The fourth-order valence-electron chi connectivity index (χ4n) is 2.48. The predicted octanol–water partition coefficient (Wildman–Crippen LogP) is 3.28. The first-order chi connectivity index (χ1) is 11.0. The lowest BCUT2D eigenvalue weighted by molar-refractivity contribution is 0.0999. The molecule has 0 aliphatic heterocycles. The van der Waals surface area contributed by atoms with Gasteiger partial charge in [-0.15, -0.1) is 0 Å². The Balaban J connectivity index is 2.27. The summed E-state index contributed by atoms with van der Waals surface area (Å²) in [5.74, 6) is 1.05. The zero-order chi connectivity index (χ0) is 17.0. The standard InChI is InChI=1S/C18H22N2O3/c1-11-5-6-13(9-16(11)18(19)21)20-12(2)15-8-7-14(22-3)10-17(15)23-4/h5-10,12,20H,1-4H3,(H2,19,21). The molecule has 5 nitrogen and oxygen atoms in total. The summed E-state index contributed by atoms with van der Waals surface area (Å²) in [6.07, 6.45) is 0. The van der Waals surface area contributed by atoms with E-state index in [-0.39, 0.29) is 6.04 Å². The van der Waals surface area contributed by atoms with Gasteiger partial charge in [0.15, 0.2) is 0 Å². The number of hydrogen-bond acceptors (Lipinski definition) is 4. The number of carbonyl (C=O) groups is 1. The third-order valence-electron chi connectivity index (χ3n) is 3.79. The molecule has 0 spiro atoms. The Morgan fingerprint density at radius 3 is 2.48 bits per heavy atom. The zero-order valence-corrected chi connectivity index (χ0v) is 13.8. The summed E-state index contributed by atoms with van der Waals surface area (Å²) in [6, 6.07) is 11.2. The number of hydrogen-bond donors (Lipinski definition) is 2. The number of anilines is 1. The topological polar surface area (TPSA) is 73.6 Å². The van der Waals surface area contributed by atoms with Crippen LogP contribution in [0.3, 0.4) is 0 Å². The van der Waals surface area contributed by atoms with Gasteiger partial charge in [0.1, 0.15) is 11.5 Å². The van der Waals surface area contributed by atoms with Gasteiger partial charge in [-0.1, -0.05) is 6.07 Å². The van der Waals surface area contributed by atoms with Crippen LogP contribution in [0.15, 0.2) is 36.4 Å². The minimum absolute atomic E-state index is 0.0145. The van der Waals surface area contributed by atoms with Crippen LogP contribution in [-0.4, -0.2) is 20.1 Å². The molecule has 2 aromatic carbocycles. The second-order valence-corrected chi connectivity index (χ2v) is 5.37. The molecule has 0 saturated carbocycles. The van der Waals surface area contributed by atoms with E-state index in [1.54, 1.807) is 20.3 Å². The largest absolute Gasteiger partial charge is 0.497 e. The number of aryl methyl sites for hydroxylation is 1. The lowest BCUT2D eigenvalue weighted by Crippen LogP contribution is -2.14. The molecule has 2 rings (SSSR count). The molecule has 0 bridgehead atoms. The van der Waals surface area contributed by atoms with Crippen LogP contribution in [0.4, 0.5) is 5.69 Å². The number of nitrogens with two attached hydrogens (primary N) is 1. The van der Waals surface area contributed by atoms with Crippen molar-refractivity contribution < 1.29 is 14.3 Å². The quantitative estimate of drug-likeness (QED) is 0.858. The number of primary amides is 1. The second-order valence-electron chi connectivity index (χ2n) is 5.37. The van der Waals surface area contributed by atoms with Crippen molar-refractivity contribution in [3.8, 4) is 11.5 Å². The maximum atomic E-state index is 11.5. The lowest BCUT2D eigenvalue weighted by atomic mass is 10.0. The van der Waals surface area contributed by atoms with Gasteiger partial charge in [-0.3, -0.25) is 4.79 Å². The maximum Gasteiger partial charge on any atom is 0.249 e. The summed E-state index contributed by atoms with van der Waals surface area (Å²) < 4.78 is 10.6. The van der Waals surface area contributed by atoms with E-state index < -0.39 is 5.91 Å². The van der Waals surface area contributed by atoms with Crippen LogP contribution in [-0.2, 0) is 0 Å². The van der Waals surface area contributed by atoms with Crippen molar-refractivity contribution in [3.05, 3.63) is 53.1 Å². The fraction of sp³-hybridized carbons (Fsp3) is 0.278. The minimum atomic E-state index is -0.430. The summed E-state index contributed by atoms with van der Waals surface area (Å²) in [6.45, 7) is 3.88. The van der Waals surface area contributed by atoms with Crippen molar-refractivity contribution in [3.63, 3.8) is 0 Å². The Morgan fingerprint density at radius 1 is 1.13 bits per heavy atom. The van der Waals surface area contributed by atoms with Gasteiger partial charge >= 0.3 is 0 Å². The average molecular weight is 314 g/mol. The minimum Gasteiger partial charge on any atom is -0.497 e. The number of rotatable bonds is 6. The van der Waals surface area contributed by atoms with Crippen LogP contribution in [0.2, 0.25) is 0 Å². The molecule has 0 fully saturated rings. The Kier molecular flexibility index (Phi) is 5.11. The third kappa shape index (κ3) is 3.74. The van der Waals surface area contributed by atoms with Crippen molar-refractivity contribution in [1.29, 1.82) is 0 Å². The van der Waals surface area contributed by atoms with Gasteiger partial charge in [-0.05, 0) is 43.7 Å². The molecule has 1 atom stereocenters. The molecule has 0 aliphatic carbocycles. The number of methoxy groups -OCH3 is 2. The Labute approximate surface area is 136 Å². The van der Waals surface area contributed by atoms with E-state index in [4.69, 9.17) is 15.2 Å². The van der Waals surface area contributed by atoms with Gasteiger partial charge < -0.3 is 20.5 Å². The van der Waals surface area contributed by atoms with Crippen molar-refractivity contribution in [2.75, 3.05) is 19.5 Å². The summed E-state index contributed by atoms with van der Waals surface area (Å²) in [4.78, 5) is 11.5. The molecule has 1 unspecified atom stereocenters. The van der Waals surface area contributed by atoms with E-state index in [1.165, 1.54) is 0 Å². The normalized spacial score (nSPS) is 11.7. The molecule has 122 valence electrons. The molecular formula is C18H22N2O3. The molecule has 0 aromatic heterocycles. The van der Waals surface area contributed by atoms with Crippen molar-refractivity contribution >= 4 is 11.6 Å². The monoisotopic (exact) mass is 314 g/mol. The lowest BCUT2D eigenvalue weighted by Gasteiger charge is -2.19. The van der Waals surface area contributed by atoms with Gasteiger partial charge in [0.05, 0.1) is 20.3 Å². The van der Waals surface area contributed by atoms with Crippen LogP contribution in [0, 0.1) is 6.92 Å². The average Bonchev–Trinajstić information content (AvgIpc) is 2.55. The molecular weight excluding hydrogens is 292 g/mol. The van der Waals surface area contributed by atoms with Gasteiger partial charge in [-0.2, -0.15) is 0 Å². The number of ether oxygens (including phenoxy) is 2. The predicted molar refractivity (Wildman–Crippen MR) is 91.3 cm³/mol. The van der Waals surface area contributed by atoms with E-state index in [0.717, 1.165) is 28.3 Å². The molecule has 23 heavy (non-hydrogen) atoms. The first kappa shape index (κ1) is 16.7. The number of benzene rings is 2. The number of carbonyl (C=O) groups excluding carboxylic acids is 1. The van der Waals surface area contributed by atoms with Crippen molar-refractivity contribution in [2.24, 2.45) is 5.73 Å². The molecule has 1 amide bonds. The van der Waals surface area contributed by atoms with Gasteiger partial charge in [-0.25, -0.2) is 0 Å². The summed E-state index contributed by atoms with van der Waals surface area (Å²) >= 11 is 0. The molecule has 0 heterocycles. The van der Waals surface area contributed by atoms with Crippen LogP contribution in [0.5, 0.6) is 11.5 Å². The molecule has 0 radical (unpaired) electrons. The SMILES string of the molecule is COc1ccc(C(C)Nc2ccc(C)c(C(N)=O)c2)c(OC)c1. The molecule has 0 aliphatic rings. The smallest absolute Gasteiger partial charge is 0.249 e. The molecule has 2 aromatic rings. The Bertz CT molecular complexity index is 713. The Morgan fingerprint density at radius 2 is 1.87 bits per heavy atom. The van der Waals surface area contributed by atoms with Crippen LogP contribution >= 0.6 is 0 Å². The van der Waals surface area contributed by atoms with Gasteiger partial charge in [0.2, 0.25) is 5.91 Å². The highest BCUT2D eigenvalue weighted by Gasteiger charge is 2.14. The van der Waals surface area contributed by atoms with Crippen LogP contribution < -0.4 is 20.5 Å². The van der Waals surface area contributed by atoms with Crippen LogP contribution in [0.1, 0.15) is 34.5 Å². The highest BCUT2D eigenvalue weighted by atomic mass is 16.5.